The number of benzene rings is 1. The van der Waals surface area contributed by atoms with Crippen molar-refractivity contribution in [1.82, 2.24) is 0 Å². The molecule has 1 fully saturated rings. The lowest BCUT2D eigenvalue weighted by Gasteiger charge is -2.34. The Morgan fingerprint density at radius 3 is 2.65 bits per heavy atom. The average Bonchev–Trinajstić information content (AvgIpc) is 2.42. The summed E-state index contributed by atoms with van der Waals surface area (Å²) < 4.78 is 5.71. The van der Waals surface area contributed by atoms with Gasteiger partial charge in [0.15, 0.2) is 0 Å². The third-order valence-corrected chi connectivity index (χ3v) is 4.29. The van der Waals surface area contributed by atoms with E-state index in [1.807, 2.05) is 30.3 Å². The van der Waals surface area contributed by atoms with Gasteiger partial charge in [-0.1, -0.05) is 49.4 Å². The summed E-state index contributed by atoms with van der Waals surface area (Å²) >= 11 is 0. The van der Waals surface area contributed by atoms with Crippen molar-refractivity contribution in [3.8, 4) is 0 Å². The minimum Gasteiger partial charge on any atom is -0.462 e. The highest BCUT2D eigenvalue weighted by atomic mass is 16.5. The van der Waals surface area contributed by atoms with Gasteiger partial charge in [0, 0.05) is 0 Å². The first-order chi connectivity index (χ1) is 9.56. The second-order valence-corrected chi connectivity index (χ2v) is 6.02. The number of ether oxygens (including phenoxy) is 1. The SMILES string of the molecule is C=C(C)C1CCC(C)C(OC(=O)Cc2ccccc2)C1. The van der Waals surface area contributed by atoms with E-state index in [4.69, 9.17) is 4.74 Å². The monoisotopic (exact) mass is 272 g/mol. The molecule has 3 unspecified atom stereocenters. The highest BCUT2D eigenvalue weighted by molar-refractivity contribution is 5.72. The molecule has 108 valence electrons. The van der Waals surface area contributed by atoms with Gasteiger partial charge in [-0.3, -0.25) is 4.79 Å². The van der Waals surface area contributed by atoms with Crippen LogP contribution in [0.2, 0.25) is 0 Å². The van der Waals surface area contributed by atoms with Crippen LogP contribution in [0, 0.1) is 11.8 Å². The standard InChI is InChI=1S/C18H24O2/c1-13(2)16-10-9-14(3)17(12-16)20-18(19)11-15-7-5-4-6-8-15/h4-8,14,16-17H,1,9-12H2,2-3H3. The molecule has 0 aliphatic heterocycles. The van der Waals surface area contributed by atoms with Crippen LogP contribution < -0.4 is 0 Å². The van der Waals surface area contributed by atoms with Crippen molar-refractivity contribution >= 4 is 5.97 Å². The molecule has 2 rings (SSSR count). The summed E-state index contributed by atoms with van der Waals surface area (Å²) in [6.45, 7) is 8.29. The van der Waals surface area contributed by atoms with Gasteiger partial charge in [0.2, 0.25) is 0 Å². The molecule has 2 heteroatoms. The first-order valence-electron chi connectivity index (χ1n) is 7.45. The molecule has 0 heterocycles. The summed E-state index contributed by atoms with van der Waals surface area (Å²) in [5.74, 6) is 0.835. The van der Waals surface area contributed by atoms with Gasteiger partial charge in [-0.05, 0) is 43.6 Å². The fraction of sp³-hybridized carbons (Fsp3) is 0.500. The smallest absolute Gasteiger partial charge is 0.310 e. The molecule has 20 heavy (non-hydrogen) atoms. The van der Waals surface area contributed by atoms with Crippen molar-refractivity contribution in [2.24, 2.45) is 11.8 Å². The van der Waals surface area contributed by atoms with Crippen LogP contribution in [0.3, 0.4) is 0 Å². The van der Waals surface area contributed by atoms with Crippen LogP contribution in [0.4, 0.5) is 0 Å². The molecular weight excluding hydrogens is 248 g/mol. The van der Waals surface area contributed by atoms with Crippen molar-refractivity contribution in [3.63, 3.8) is 0 Å². The third-order valence-electron chi connectivity index (χ3n) is 4.29. The number of carbonyl (C=O) groups is 1. The molecule has 0 saturated heterocycles. The number of hydrogen-bond acceptors (Lipinski definition) is 2. The molecule has 1 aromatic carbocycles. The Labute approximate surface area is 121 Å². The van der Waals surface area contributed by atoms with E-state index in [0.29, 0.717) is 18.3 Å². The molecule has 1 saturated carbocycles. The third kappa shape index (κ3) is 3.96. The molecule has 0 radical (unpaired) electrons. The summed E-state index contributed by atoms with van der Waals surface area (Å²) in [6, 6.07) is 9.77. The van der Waals surface area contributed by atoms with Gasteiger partial charge < -0.3 is 4.74 Å². The topological polar surface area (TPSA) is 26.3 Å². The normalized spacial score (nSPS) is 26.0. The van der Waals surface area contributed by atoms with Crippen LogP contribution in [0.25, 0.3) is 0 Å². The molecule has 0 bridgehead atoms. The zero-order valence-electron chi connectivity index (χ0n) is 12.5. The summed E-state index contributed by atoms with van der Waals surface area (Å²) in [6.07, 6.45) is 3.62. The number of rotatable bonds is 4. The summed E-state index contributed by atoms with van der Waals surface area (Å²) in [4.78, 5) is 12.1. The Morgan fingerprint density at radius 1 is 1.30 bits per heavy atom. The minimum absolute atomic E-state index is 0.0432. The number of hydrogen-bond donors (Lipinski definition) is 0. The second-order valence-electron chi connectivity index (χ2n) is 6.02. The Morgan fingerprint density at radius 2 is 2.00 bits per heavy atom. The first kappa shape index (κ1) is 14.8. The van der Waals surface area contributed by atoms with Crippen molar-refractivity contribution in [2.45, 2.75) is 45.6 Å². The Hall–Kier alpha value is -1.57. The fourth-order valence-corrected chi connectivity index (χ4v) is 2.87. The Kier molecular flexibility index (Phi) is 4.99. The largest absolute Gasteiger partial charge is 0.462 e. The van der Waals surface area contributed by atoms with Gasteiger partial charge in [-0.15, -0.1) is 0 Å². The van der Waals surface area contributed by atoms with Crippen LogP contribution in [0.5, 0.6) is 0 Å². The predicted molar refractivity (Wildman–Crippen MR) is 81.3 cm³/mol. The fourth-order valence-electron chi connectivity index (χ4n) is 2.87. The molecule has 1 aromatic rings. The molecule has 3 atom stereocenters. The maximum absolute atomic E-state index is 12.1. The Bertz CT molecular complexity index is 464. The quantitative estimate of drug-likeness (QED) is 0.608. The lowest BCUT2D eigenvalue weighted by Crippen LogP contribution is -2.33. The van der Waals surface area contributed by atoms with Gasteiger partial charge in [-0.25, -0.2) is 0 Å². The van der Waals surface area contributed by atoms with Crippen LogP contribution in [-0.4, -0.2) is 12.1 Å². The van der Waals surface area contributed by atoms with E-state index in [0.717, 1.165) is 18.4 Å². The molecule has 1 aliphatic rings. The first-order valence-corrected chi connectivity index (χ1v) is 7.45. The Balaban J connectivity index is 1.90. The van der Waals surface area contributed by atoms with Crippen LogP contribution >= 0.6 is 0 Å². The van der Waals surface area contributed by atoms with E-state index in [1.54, 1.807) is 0 Å². The summed E-state index contributed by atoms with van der Waals surface area (Å²) in [7, 11) is 0. The van der Waals surface area contributed by atoms with Gasteiger partial charge >= 0.3 is 5.97 Å². The van der Waals surface area contributed by atoms with Gasteiger partial charge in [0.05, 0.1) is 6.42 Å². The second kappa shape index (κ2) is 6.74. The zero-order chi connectivity index (χ0) is 14.5. The van der Waals surface area contributed by atoms with E-state index in [1.165, 1.54) is 12.0 Å². The molecule has 2 nitrogen and oxygen atoms in total. The summed E-state index contributed by atoms with van der Waals surface area (Å²) in [5.41, 5.74) is 2.22. The highest BCUT2D eigenvalue weighted by Gasteiger charge is 2.30. The highest BCUT2D eigenvalue weighted by Crippen LogP contribution is 2.34. The molecule has 1 aliphatic carbocycles. The molecule has 0 N–H and O–H groups in total. The van der Waals surface area contributed by atoms with Crippen LogP contribution in [0.1, 0.15) is 38.7 Å². The maximum Gasteiger partial charge on any atom is 0.310 e. The molecule has 0 spiro atoms. The van der Waals surface area contributed by atoms with E-state index in [9.17, 15) is 4.79 Å². The number of allylic oxidation sites excluding steroid dienone is 1. The molecular formula is C18H24O2. The maximum atomic E-state index is 12.1. The number of esters is 1. The van der Waals surface area contributed by atoms with E-state index >= 15 is 0 Å². The lowest BCUT2D eigenvalue weighted by molar-refractivity contribution is -0.153. The van der Waals surface area contributed by atoms with E-state index < -0.39 is 0 Å². The summed E-state index contributed by atoms with van der Waals surface area (Å²) in [5, 5.41) is 0. The zero-order valence-corrected chi connectivity index (χ0v) is 12.5. The number of carbonyl (C=O) groups excluding carboxylic acids is 1. The van der Waals surface area contributed by atoms with Crippen molar-refractivity contribution in [2.75, 3.05) is 0 Å². The van der Waals surface area contributed by atoms with Crippen molar-refractivity contribution < 1.29 is 9.53 Å². The van der Waals surface area contributed by atoms with Crippen LogP contribution in [-0.2, 0) is 16.0 Å². The minimum atomic E-state index is -0.115. The predicted octanol–water partition coefficient (Wildman–Crippen LogP) is 4.15. The molecule has 0 aromatic heterocycles. The van der Waals surface area contributed by atoms with Gasteiger partial charge in [0.1, 0.15) is 6.10 Å². The van der Waals surface area contributed by atoms with E-state index in [-0.39, 0.29) is 12.1 Å². The van der Waals surface area contributed by atoms with Crippen molar-refractivity contribution in [1.29, 1.82) is 0 Å². The molecule has 0 amide bonds. The van der Waals surface area contributed by atoms with Gasteiger partial charge in [0.25, 0.3) is 0 Å². The van der Waals surface area contributed by atoms with Crippen LogP contribution in [0.15, 0.2) is 42.5 Å². The van der Waals surface area contributed by atoms with Gasteiger partial charge in [-0.2, -0.15) is 0 Å². The lowest BCUT2D eigenvalue weighted by atomic mass is 9.78. The van der Waals surface area contributed by atoms with Crippen molar-refractivity contribution in [3.05, 3.63) is 48.0 Å². The van der Waals surface area contributed by atoms with E-state index in [2.05, 4.69) is 20.4 Å². The average molecular weight is 272 g/mol.